The predicted octanol–water partition coefficient (Wildman–Crippen LogP) is 5.38. The molecule has 4 atom stereocenters. The summed E-state index contributed by atoms with van der Waals surface area (Å²) in [4.78, 5) is 54.3. The average Bonchev–Trinajstić information content (AvgIpc) is 3.53. The number of hydrogen-bond acceptors (Lipinski definition) is 11. The molecular weight excluding hydrogens is 624 g/mol. The second-order valence-electron chi connectivity index (χ2n) is 11.9. The number of carbonyl (C=O) groups excluding carboxylic acids is 3. The Bertz CT molecular complexity index is 1640. The van der Waals surface area contributed by atoms with Crippen molar-refractivity contribution in [3.05, 3.63) is 79.9 Å². The maximum absolute atomic E-state index is 11.7. The first-order valence-corrected chi connectivity index (χ1v) is 15.6. The molecule has 4 aliphatic rings. The first kappa shape index (κ1) is 35.7. The second-order valence-corrected chi connectivity index (χ2v) is 11.9. The highest BCUT2D eigenvalue weighted by atomic mass is 16.6. The van der Waals surface area contributed by atoms with Gasteiger partial charge in [-0.1, -0.05) is 12.2 Å². The van der Waals surface area contributed by atoms with Crippen LogP contribution in [0.1, 0.15) is 70.4 Å². The number of amides is 1. The SMILES string of the molecule is CC(=O)OC(C)=O.COc1cc(C2=CC3CCC(C2)N3)ccc1[N+](=O)[O-].COc1cc(C2=CC3CCC(C2)N3C(C)=O)ccc1[N+](=O)[O-]. The Morgan fingerprint density at radius 3 is 1.73 bits per heavy atom. The van der Waals surface area contributed by atoms with E-state index in [1.165, 1.54) is 58.6 Å². The van der Waals surface area contributed by atoms with E-state index in [0.717, 1.165) is 42.4 Å². The zero-order chi connectivity index (χ0) is 35.1. The van der Waals surface area contributed by atoms with Crippen LogP contribution in [0.5, 0.6) is 11.5 Å². The predicted molar refractivity (Wildman–Crippen MR) is 176 cm³/mol. The first-order chi connectivity index (χ1) is 22.8. The zero-order valence-corrected chi connectivity index (χ0v) is 27.6. The van der Waals surface area contributed by atoms with Crippen LogP contribution in [0.25, 0.3) is 11.1 Å². The van der Waals surface area contributed by atoms with Gasteiger partial charge in [0.2, 0.25) is 5.91 Å². The Morgan fingerprint density at radius 2 is 1.31 bits per heavy atom. The summed E-state index contributed by atoms with van der Waals surface area (Å²) in [5.74, 6) is -0.414. The van der Waals surface area contributed by atoms with Gasteiger partial charge in [-0.15, -0.1) is 0 Å². The van der Waals surface area contributed by atoms with Crippen molar-refractivity contribution in [2.75, 3.05) is 14.2 Å². The summed E-state index contributed by atoms with van der Waals surface area (Å²) >= 11 is 0. The number of nitrogens with zero attached hydrogens (tertiary/aromatic N) is 3. The number of nitro groups is 2. The lowest BCUT2D eigenvalue weighted by molar-refractivity contribution is -0.385. The number of nitro benzene ring substituents is 2. The fourth-order valence-electron chi connectivity index (χ4n) is 6.73. The number of fused-ring (bicyclic) bond motifs is 4. The minimum Gasteiger partial charge on any atom is -0.490 e. The van der Waals surface area contributed by atoms with Crippen molar-refractivity contribution < 1.29 is 38.4 Å². The number of carbonyl (C=O) groups is 3. The fraction of sp³-hybridized carbons (Fsp3) is 0.441. The molecule has 2 saturated heterocycles. The highest BCUT2D eigenvalue weighted by molar-refractivity contribution is 5.82. The van der Waals surface area contributed by atoms with Crippen molar-refractivity contribution in [1.29, 1.82) is 0 Å². The van der Waals surface area contributed by atoms with Crippen LogP contribution < -0.4 is 14.8 Å². The number of methoxy groups -OCH3 is 2. The molecule has 0 aliphatic carbocycles. The van der Waals surface area contributed by atoms with Crippen molar-refractivity contribution in [3.8, 4) is 11.5 Å². The molecule has 14 heteroatoms. The molecule has 4 unspecified atom stereocenters. The van der Waals surface area contributed by atoms with E-state index in [9.17, 15) is 34.6 Å². The largest absolute Gasteiger partial charge is 0.490 e. The summed E-state index contributed by atoms with van der Waals surface area (Å²) in [6, 6.07) is 11.5. The van der Waals surface area contributed by atoms with Gasteiger partial charge in [-0.05, 0) is 85.1 Å². The zero-order valence-electron chi connectivity index (χ0n) is 27.6. The molecule has 0 radical (unpaired) electrons. The monoisotopic (exact) mass is 664 g/mol. The molecule has 4 heterocycles. The van der Waals surface area contributed by atoms with Gasteiger partial charge >= 0.3 is 23.3 Å². The average molecular weight is 665 g/mol. The lowest BCUT2D eigenvalue weighted by Gasteiger charge is -2.33. The van der Waals surface area contributed by atoms with E-state index in [0.29, 0.717) is 17.8 Å². The van der Waals surface area contributed by atoms with Gasteiger partial charge in [-0.3, -0.25) is 34.6 Å². The summed E-state index contributed by atoms with van der Waals surface area (Å²) in [7, 11) is 2.90. The normalized spacial score (nSPS) is 21.6. The van der Waals surface area contributed by atoms with Gasteiger partial charge < -0.3 is 24.4 Å². The van der Waals surface area contributed by atoms with E-state index in [2.05, 4.69) is 22.2 Å². The second kappa shape index (κ2) is 15.7. The molecule has 256 valence electrons. The summed E-state index contributed by atoms with van der Waals surface area (Å²) in [5, 5.41) is 25.4. The molecule has 6 rings (SSSR count). The number of nitrogens with one attached hydrogen (secondary N) is 1. The molecule has 1 amide bonds. The molecule has 48 heavy (non-hydrogen) atoms. The highest BCUT2D eigenvalue weighted by Crippen LogP contribution is 2.40. The Labute approximate surface area is 278 Å². The van der Waals surface area contributed by atoms with Crippen LogP contribution in [-0.2, 0) is 19.1 Å². The van der Waals surface area contributed by atoms with Gasteiger partial charge in [0.05, 0.1) is 30.1 Å². The number of hydrogen-bond donors (Lipinski definition) is 1. The van der Waals surface area contributed by atoms with Crippen LogP contribution >= 0.6 is 0 Å². The van der Waals surface area contributed by atoms with Crippen LogP contribution in [0.15, 0.2) is 48.6 Å². The molecule has 2 aromatic carbocycles. The number of esters is 2. The Kier molecular flexibility index (Phi) is 11.7. The molecule has 0 spiro atoms. The maximum atomic E-state index is 11.7. The Hall–Kier alpha value is -5.11. The van der Waals surface area contributed by atoms with Crippen LogP contribution in [0, 0.1) is 20.2 Å². The molecule has 14 nitrogen and oxygen atoms in total. The Balaban J connectivity index is 0.000000183. The van der Waals surface area contributed by atoms with Crippen molar-refractivity contribution in [1.82, 2.24) is 10.2 Å². The molecule has 1 N–H and O–H groups in total. The molecular formula is C34H40N4O10. The number of rotatable bonds is 6. The lowest BCUT2D eigenvalue weighted by atomic mass is 9.94. The van der Waals surface area contributed by atoms with Gasteiger partial charge in [-0.25, -0.2) is 0 Å². The minimum absolute atomic E-state index is 0.0174. The molecule has 2 aromatic rings. The van der Waals surface area contributed by atoms with Crippen LogP contribution in [0.4, 0.5) is 11.4 Å². The van der Waals surface area contributed by atoms with Crippen molar-refractivity contribution in [2.24, 2.45) is 0 Å². The van der Waals surface area contributed by atoms with Crippen molar-refractivity contribution in [3.63, 3.8) is 0 Å². The van der Waals surface area contributed by atoms with Crippen molar-refractivity contribution >= 4 is 40.4 Å². The summed E-state index contributed by atoms with van der Waals surface area (Å²) in [6.45, 7) is 3.97. The molecule has 4 bridgehead atoms. The smallest absolute Gasteiger partial charge is 0.310 e. The van der Waals surface area contributed by atoms with Gasteiger partial charge in [-0.2, -0.15) is 0 Å². The van der Waals surface area contributed by atoms with Crippen LogP contribution in [0.2, 0.25) is 0 Å². The third-order valence-corrected chi connectivity index (χ3v) is 8.69. The van der Waals surface area contributed by atoms with Gasteiger partial charge in [0.1, 0.15) is 0 Å². The number of benzene rings is 2. The highest BCUT2D eigenvalue weighted by Gasteiger charge is 2.38. The van der Waals surface area contributed by atoms with Crippen molar-refractivity contribution in [2.45, 2.75) is 83.5 Å². The van der Waals surface area contributed by atoms with E-state index < -0.39 is 21.8 Å². The molecule has 2 fully saturated rings. The fourth-order valence-corrected chi connectivity index (χ4v) is 6.73. The molecule has 0 saturated carbocycles. The van der Waals surface area contributed by atoms with Gasteiger partial charge in [0.15, 0.2) is 11.5 Å². The standard InChI is InChI=1S/C16H18N2O4.C14H16N2O3.C4H6O3/c1-10(19)17-13-4-5-14(17)8-12(7-13)11-3-6-15(18(20)21)16(9-11)22-2;1-19-14-8-9(2-5-13(14)16(17)18)10-6-11-3-4-12(7-10)15-11;1-3(5)7-4(2)6/h3,6-7,9,13-14H,4-5,8H2,1-2H3;2,5-6,8,11-12,15H,3-4,7H2,1H3;1-2H3. The first-order valence-electron chi connectivity index (χ1n) is 15.6. The quantitative estimate of drug-likeness (QED) is 0.181. The van der Waals surface area contributed by atoms with E-state index in [1.54, 1.807) is 25.1 Å². The van der Waals surface area contributed by atoms with Gasteiger partial charge in [0, 0.05) is 51.0 Å². The lowest BCUT2D eigenvalue weighted by Crippen LogP contribution is -2.41. The molecule has 4 aliphatic heterocycles. The Morgan fingerprint density at radius 1 is 0.771 bits per heavy atom. The number of ether oxygens (including phenoxy) is 3. The topological polar surface area (TPSA) is 180 Å². The van der Waals surface area contributed by atoms with E-state index in [1.807, 2.05) is 11.0 Å². The van der Waals surface area contributed by atoms with E-state index in [-0.39, 0.29) is 35.1 Å². The van der Waals surface area contributed by atoms with Crippen LogP contribution in [0.3, 0.4) is 0 Å². The molecule has 0 aromatic heterocycles. The van der Waals surface area contributed by atoms with E-state index >= 15 is 0 Å². The summed E-state index contributed by atoms with van der Waals surface area (Å²) in [5.41, 5.74) is 4.35. The summed E-state index contributed by atoms with van der Waals surface area (Å²) in [6.07, 6.45) is 10.5. The minimum atomic E-state index is -0.562. The third-order valence-electron chi connectivity index (χ3n) is 8.69. The van der Waals surface area contributed by atoms with E-state index in [4.69, 9.17) is 9.47 Å². The summed E-state index contributed by atoms with van der Waals surface area (Å²) < 4.78 is 14.2. The van der Waals surface area contributed by atoms with Crippen LogP contribution in [-0.4, -0.2) is 71.0 Å². The van der Waals surface area contributed by atoms with Gasteiger partial charge in [0.25, 0.3) is 0 Å². The maximum Gasteiger partial charge on any atom is 0.310 e. The third kappa shape index (κ3) is 8.62.